The molecule has 29 heavy (non-hydrogen) atoms. The smallest absolute Gasteiger partial charge is 0.372 e. The van der Waals surface area contributed by atoms with Crippen molar-refractivity contribution in [2.75, 3.05) is 25.0 Å². The summed E-state index contributed by atoms with van der Waals surface area (Å²) in [5.74, 6) is -1.53. The number of rotatable bonds is 6. The lowest BCUT2D eigenvalue weighted by molar-refractivity contribution is -0.148. The van der Waals surface area contributed by atoms with Crippen LogP contribution in [-0.4, -0.2) is 47.3 Å². The van der Waals surface area contributed by atoms with Crippen molar-refractivity contribution in [3.63, 3.8) is 0 Å². The lowest BCUT2D eigenvalue weighted by Crippen LogP contribution is -2.51. The summed E-state index contributed by atoms with van der Waals surface area (Å²) >= 11 is 0. The Balaban J connectivity index is 1.38. The third-order valence-corrected chi connectivity index (χ3v) is 6.04. The minimum absolute atomic E-state index is 0.0817. The molecular formula is C23H24N2O4. The molecule has 0 spiro atoms. The molecule has 0 aromatic heterocycles. The molecule has 1 amide bonds. The van der Waals surface area contributed by atoms with Crippen molar-refractivity contribution in [3.05, 3.63) is 54.1 Å². The van der Waals surface area contributed by atoms with Crippen LogP contribution >= 0.6 is 0 Å². The molecule has 3 fully saturated rings. The van der Waals surface area contributed by atoms with Gasteiger partial charge in [0.1, 0.15) is 0 Å². The fourth-order valence-corrected chi connectivity index (χ4v) is 4.32. The number of nitrogens with one attached hydrogen (secondary N) is 1. The van der Waals surface area contributed by atoms with Gasteiger partial charge in [0.2, 0.25) is 11.7 Å². The van der Waals surface area contributed by atoms with E-state index in [2.05, 4.69) is 10.2 Å². The topological polar surface area (TPSA) is 86.7 Å². The Hall–Kier alpha value is -2.99. The largest absolute Gasteiger partial charge is 0.475 e. The number of carboxylic acids is 1. The fourth-order valence-electron chi connectivity index (χ4n) is 4.32. The van der Waals surface area contributed by atoms with Gasteiger partial charge in [0, 0.05) is 18.7 Å². The molecule has 0 aliphatic carbocycles. The summed E-state index contributed by atoms with van der Waals surface area (Å²) in [4.78, 5) is 37.0. The molecule has 2 bridgehead atoms. The van der Waals surface area contributed by atoms with Crippen LogP contribution in [0.4, 0.5) is 5.69 Å². The van der Waals surface area contributed by atoms with E-state index in [1.165, 1.54) is 0 Å². The van der Waals surface area contributed by atoms with Crippen LogP contribution in [-0.2, 0) is 20.8 Å². The minimum atomic E-state index is -1.41. The summed E-state index contributed by atoms with van der Waals surface area (Å²) in [5.41, 5.74) is 3.41. The van der Waals surface area contributed by atoms with E-state index < -0.39 is 11.8 Å². The SMILES string of the molecule is O=C(O)C(=O)Cc1ccc(-c2ccc(NC(=O)[C@H]3CN4CCC3CC4)cc2)cc1. The first kappa shape index (κ1) is 19.3. The lowest BCUT2D eigenvalue weighted by atomic mass is 9.78. The maximum absolute atomic E-state index is 12.7. The number of carbonyl (C=O) groups excluding carboxylic acids is 2. The van der Waals surface area contributed by atoms with Gasteiger partial charge >= 0.3 is 5.97 Å². The minimum Gasteiger partial charge on any atom is -0.475 e. The van der Waals surface area contributed by atoms with E-state index in [0.717, 1.165) is 49.3 Å². The molecule has 1 atom stereocenters. The first-order valence-corrected chi connectivity index (χ1v) is 9.98. The average molecular weight is 392 g/mol. The Kier molecular flexibility index (Phi) is 5.45. The van der Waals surface area contributed by atoms with Gasteiger partial charge in [-0.2, -0.15) is 0 Å². The molecule has 6 nitrogen and oxygen atoms in total. The van der Waals surface area contributed by atoms with Gasteiger partial charge < -0.3 is 15.3 Å². The molecule has 6 heteroatoms. The quantitative estimate of drug-likeness (QED) is 0.739. The summed E-state index contributed by atoms with van der Waals surface area (Å²) in [6, 6.07) is 15.0. The monoisotopic (exact) mass is 392 g/mol. The number of hydrogen-bond donors (Lipinski definition) is 2. The van der Waals surface area contributed by atoms with Gasteiger partial charge in [0.05, 0.1) is 5.92 Å². The van der Waals surface area contributed by atoms with E-state index in [4.69, 9.17) is 5.11 Å². The molecule has 2 N–H and O–H groups in total. The fraction of sp³-hybridized carbons (Fsp3) is 0.348. The van der Waals surface area contributed by atoms with Crippen LogP contribution in [0, 0.1) is 11.8 Å². The number of carbonyl (C=O) groups is 3. The van der Waals surface area contributed by atoms with Crippen molar-refractivity contribution in [2.24, 2.45) is 11.8 Å². The Morgan fingerprint density at radius 3 is 2.03 bits per heavy atom. The normalized spacial score (nSPS) is 22.8. The van der Waals surface area contributed by atoms with Gasteiger partial charge in [0.15, 0.2) is 0 Å². The van der Waals surface area contributed by atoms with Gasteiger partial charge in [0.25, 0.3) is 0 Å². The maximum atomic E-state index is 12.7. The number of aliphatic carboxylic acids is 1. The molecule has 3 aliphatic rings. The van der Waals surface area contributed by atoms with Crippen LogP contribution in [0.1, 0.15) is 18.4 Å². The zero-order valence-corrected chi connectivity index (χ0v) is 16.1. The van der Waals surface area contributed by atoms with E-state index in [1.54, 1.807) is 12.1 Å². The highest BCUT2D eigenvalue weighted by molar-refractivity contribution is 6.33. The Bertz CT molecular complexity index is 913. The van der Waals surface area contributed by atoms with Gasteiger partial charge in [-0.25, -0.2) is 4.79 Å². The molecule has 3 aliphatic heterocycles. The number of amides is 1. The average Bonchev–Trinajstić information content (AvgIpc) is 2.75. The van der Waals surface area contributed by atoms with Crippen molar-refractivity contribution in [3.8, 4) is 11.1 Å². The summed E-state index contributed by atoms with van der Waals surface area (Å²) in [7, 11) is 0. The van der Waals surface area contributed by atoms with Gasteiger partial charge in [-0.3, -0.25) is 9.59 Å². The van der Waals surface area contributed by atoms with Gasteiger partial charge in [-0.15, -0.1) is 0 Å². The molecular weight excluding hydrogens is 368 g/mol. The Labute approximate surface area is 169 Å². The maximum Gasteiger partial charge on any atom is 0.372 e. The van der Waals surface area contributed by atoms with Gasteiger partial charge in [-0.1, -0.05) is 36.4 Å². The highest BCUT2D eigenvalue weighted by Gasteiger charge is 2.38. The van der Waals surface area contributed by atoms with Crippen molar-refractivity contribution >= 4 is 23.3 Å². The van der Waals surface area contributed by atoms with E-state index in [9.17, 15) is 14.4 Å². The molecule has 150 valence electrons. The van der Waals surface area contributed by atoms with E-state index in [1.807, 2.05) is 36.4 Å². The Morgan fingerprint density at radius 1 is 0.931 bits per heavy atom. The van der Waals surface area contributed by atoms with Crippen molar-refractivity contribution in [2.45, 2.75) is 19.3 Å². The van der Waals surface area contributed by atoms with Crippen LogP contribution < -0.4 is 5.32 Å². The van der Waals surface area contributed by atoms with Crippen LogP contribution in [0.3, 0.4) is 0 Å². The highest BCUT2D eigenvalue weighted by Crippen LogP contribution is 2.33. The number of Topliss-reactive ketones (excluding diaryl/α,β-unsaturated/α-hetero) is 1. The lowest BCUT2D eigenvalue weighted by Gasteiger charge is -2.43. The predicted molar refractivity (Wildman–Crippen MR) is 110 cm³/mol. The van der Waals surface area contributed by atoms with Crippen LogP contribution in [0.15, 0.2) is 48.5 Å². The molecule has 3 saturated heterocycles. The number of benzene rings is 2. The van der Waals surface area contributed by atoms with Crippen molar-refractivity contribution in [1.82, 2.24) is 4.90 Å². The second-order valence-electron chi connectivity index (χ2n) is 7.91. The first-order valence-electron chi connectivity index (χ1n) is 9.98. The van der Waals surface area contributed by atoms with E-state index >= 15 is 0 Å². The number of ketones is 1. The third kappa shape index (κ3) is 4.38. The standard InChI is InChI=1S/C23H24N2O4/c26-21(23(28)29)13-15-1-3-16(4-2-15)17-5-7-19(8-6-17)24-22(27)20-14-25-11-9-18(20)10-12-25/h1-8,18,20H,9-14H2,(H,24,27)(H,28,29)/t20-/m0/s1. The van der Waals surface area contributed by atoms with Crippen molar-refractivity contribution in [1.29, 1.82) is 0 Å². The first-order chi connectivity index (χ1) is 14.0. The third-order valence-electron chi connectivity index (χ3n) is 6.04. The molecule has 3 heterocycles. The van der Waals surface area contributed by atoms with Crippen LogP contribution in [0.5, 0.6) is 0 Å². The zero-order valence-electron chi connectivity index (χ0n) is 16.1. The second-order valence-corrected chi connectivity index (χ2v) is 7.91. The van der Waals surface area contributed by atoms with Crippen LogP contribution in [0.2, 0.25) is 0 Å². The van der Waals surface area contributed by atoms with Crippen LogP contribution in [0.25, 0.3) is 11.1 Å². The number of hydrogen-bond acceptors (Lipinski definition) is 4. The molecule has 0 saturated carbocycles. The summed E-state index contributed by atoms with van der Waals surface area (Å²) in [5, 5.41) is 11.8. The second kappa shape index (κ2) is 8.17. The number of carboxylic acid groups (broad SMARTS) is 1. The number of nitrogens with zero attached hydrogens (tertiary/aromatic N) is 1. The highest BCUT2D eigenvalue weighted by atomic mass is 16.4. The predicted octanol–water partition coefficient (Wildman–Crippen LogP) is 2.83. The van der Waals surface area contributed by atoms with Gasteiger partial charge in [-0.05, 0) is 60.7 Å². The number of anilines is 1. The summed E-state index contributed by atoms with van der Waals surface area (Å²) in [6.45, 7) is 3.10. The molecule has 0 radical (unpaired) electrons. The molecule has 5 rings (SSSR count). The summed E-state index contributed by atoms with van der Waals surface area (Å²) < 4.78 is 0. The van der Waals surface area contributed by atoms with Crippen molar-refractivity contribution < 1.29 is 19.5 Å². The Morgan fingerprint density at radius 2 is 1.52 bits per heavy atom. The molecule has 2 aromatic carbocycles. The summed E-state index contributed by atoms with van der Waals surface area (Å²) in [6.07, 6.45) is 2.12. The zero-order chi connectivity index (χ0) is 20.4. The van der Waals surface area contributed by atoms with E-state index in [-0.39, 0.29) is 18.2 Å². The number of fused-ring (bicyclic) bond motifs is 3. The van der Waals surface area contributed by atoms with E-state index in [0.29, 0.717) is 11.5 Å². The molecule has 2 aromatic rings. The number of piperidine rings is 3. The molecule has 0 unspecified atom stereocenters.